The van der Waals surface area contributed by atoms with E-state index in [4.69, 9.17) is 4.74 Å². The molecule has 126 valence electrons. The number of likely N-dealkylation sites (tertiary alicyclic amines) is 1. The van der Waals surface area contributed by atoms with E-state index in [1.807, 2.05) is 13.8 Å². The van der Waals surface area contributed by atoms with E-state index in [1.165, 1.54) is 0 Å². The van der Waals surface area contributed by atoms with Gasteiger partial charge in [0.25, 0.3) is 0 Å². The smallest absolute Gasteiger partial charge is 0.240 e. The number of nitrogens with zero attached hydrogens (tertiary/aromatic N) is 1. The molecule has 1 heterocycles. The summed E-state index contributed by atoms with van der Waals surface area (Å²) in [5.74, 6) is -0.721. The Hall–Kier alpha value is -1.69. The van der Waals surface area contributed by atoms with Crippen molar-refractivity contribution in [1.82, 2.24) is 10.2 Å². The quantitative estimate of drug-likeness (QED) is 0.426. The zero-order chi connectivity index (χ0) is 16.6. The summed E-state index contributed by atoms with van der Waals surface area (Å²) in [5, 5.41) is 2.75. The van der Waals surface area contributed by atoms with Crippen LogP contribution in [-0.4, -0.2) is 48.4 Å². The highest BCUT2D eigenvalue weighted by Gasteiger charge is 2.59. The highest BCUT2D eigenvalue weighted by atomic mass is 16.5. The lowest BCUT2D eigenvalue weighted by Crippen LogP contribution is -2.42. The van der Waals surface area contributed by atoms with Gasteiger partial charge in [-0.1, -0.05) is 12.2 Å². The zero-order valence-corrected chi connectivity index (χ0v) is 13.7. The maximum atomic E-state index is 12.4. The van der Waals surface area contributed by atoms with Gasteiger partial charge < -0.3 is 10.1 Å². The van der Waals surface area contributed by atoms with Crippen molar-refractivity contribution >= 4 is 17.7 Å². The van der Waals surface area contributed by atoms with Crippen molar-refractivity contribution in [2.24, 2.45) is 23.7 Å². The lowest BCUT2D eigenvalue weighted by atomic mass is 9.85. The number of fused-ring (bicyclic) bond motifs is 5. The molecule has 2 fully saturated rings. The molecule has 23 heavy (non-hydrogen) atoms. The summed E-state index contributed by atoms with van der Waals surface area (Å²) in [7, 11) is 0. The van der Waals surface area contributed by atoms with Gasteiger partial charge in [-0.05, 0) is 38.5 Å². The third kappa shape index (κ3) is 3.04. The van der Waals surface area contributed by atoms with Crippen LogP contribution in [0.25, 0.3) is 0 Å². The number of hydrogen-bond acceptors (Lipinski definition) is 4. The maximum Gasteiger partial charge on any atom is 0.240 e. The van der Waals surface area contributed by atoms with Crippen molar-refractivity contribution in [3.05, 3.63) is 12.2 Å². The van der Waals surface area contributed by atoms with E-state index in [0.29, 0.717) is 19.6 Å². The van der Waals surface area contributed by atoms with E-state index >= 15 is 0 Å². The van der Waals surface area contributed by atoms with Gasteiger partial charge in [-0.25, -0.2) is 0 Å². The van der Waals surface area contributed by atoms with Crippen LogP contribution in [0.3, 0.4) is 0 Å². The van der Waals surface area contributed by atoms with Crippen molar-refractivity contribution in [3.63, 3.8) is 0 Å². The number of carbonyl (C=O) groups is 3. The molecular weight excluding hydrogens is 296 g/mol. The largest absolute Gasteiger partial charge is 0.379 e. The van der Waals surface area contributed by atoms with Gasteiger partial charge in [0.15, 0.2) is 0 Å². The van der Waals surface area contributed by atoms with Crippen LogP contribution >= 0.6 is 0 Å². The molecule has 0 aromatic carbocycles. The van der Waals surface area contributed by atoms with E-state index in [1.54, 1.807) is 0 Å². The summed E-state index contributed by atoms with van der Waals surface area (Å²) in [6.45, 7) is 4.83. The second-order valence-corrected chi connectivity index (χ2v) is 6.89. The molecule has 0 radical (unpaired) electrons. The van der Waals surface area contributed by atoms with Gasteiger partial charge in [0, 0.05) is 13.2 Å². The van der Waals surface area contributed by atoms with Gasteiger partial charge in [0.05, 0.1) is 17.9 Å². The van der Waals surface area contributed by atoms with Crippen LogP contribution in [0.4, 0.5) is 0 Å². The molecule has 0 aromatic heterocycles. The number of hydrogen-bond donors (Lipinski definition) is 1. The molecule has 4 unspecified atom stereocenters. The Bertz CT molecular complexity index is 513. The van der Waals surface area contributed by atoms with E-state index in [9.17, 15) is 14.4 Å². The number of carbonyl (C=O) groups excluding carboxylic acids is 3. The Kier molecular flexibility index (Phi) is 4.53. The van der Waals surface area contributed by atoms with Crippen LogP contribution < -0.4 is 5.32 Å². The van der Waals surface area contributed by atoms with E-state index < -0.39 is 0 Å². The molecule has 6 nitrogen and oxygen atoms in total. The summed E-state index contributed by atoms with van der Waals surface area (Å²) in [6.07, 6.45) is 5.90. The van der Waals surface area contributed by atoms with Gasteiger partial charge >= 0.3 is 0 Å². The van der Waals surface area contributed by atoms with E-state index in [-0.39, 0.29) is 54.0 Å². The van der Waals surface area contributed by atoms with Crippen LogP contribution in [0.15, 0.2) is 12.2 Å². The Balaban J connectivity index is 1.46. The second-order valence-electron chi connectivity index (χ2n) is 6.89. The highest BCUT2D eigenvalue weighted by molar-refractivity contribution is 6.08. The molecule has 2 aliphatic carbocycles. The van der Waals surface area contributed by atoms with Gasteiger partial charge in [-0.3, -0.25) is 19.3 Å². The molecule has 6 heteroatoms. The predicted molar refractivity (Wildman–Crippen MR) is 83.2 cm³/mol. The molecule has 1 saturated carbocycles. The summed E-state index contributed by atoms with van der Waals surface area (Å²) in [4.78, 5) is 38.0. The number of nitrogens with one attached hydrogen (secondary N) is 1. The van der Waals surface area contributed by atoms with Crippen molar-refractivity contribution in [2.75, 3.05) is 19.7 Å². The normalized spacial score (nSPS) is 31.3. The maximum absolute atomic E-state index is 12.4. The van der Waals surface area contributed by atoms with E-state index in [2.05, 4.69) is 17.5 Å². The van der Waals surface area contributed by atoms with Gasteiger partial charge in [-0.15, -0.1) is 0 Å². The van der Waals surface area contributed by atoms with Crippen molar-refractivity contribution in [3.8, 4) is 0 Å². The molecule has 0 spiro atoms. The Morgan fingerprint density at radius 3 is 2.43 bits per heavy atom. The first-order valence-corrected chi connectivity index (χ1v) is 8.41. The fourth-order valence-electron chi connectivity index (χ4n) is 3.94. The second kappa shape index (κ2) is 6.43. The number of allylic oxidation sites excluding steroid dienone is 2. The van der Waals surface area contributed by atoms with Crippen LogP contribution in [0.5, 0.6) is 0 Å². The third-order valence-corrected chi connectivity index (χ3v) is 4.96. The standard InChI is InChI=1S/C17H24N2O4/c1-10(2)23-7-3-6-18-13(20)9-19-16(21)14-11-4-5-12(8-11)15(14)17(19)22/h4-5,10-12,14-15H,3,6-9H2,1-2H3,(H,18,20). The predicted octanol–water partition coefficient (Wildman–Crippen LogP) is 0.725. The van der Waals surface area contributed by atoms with Crippen molar-refractivity contribution in [2.45, 2.75) is 32.8 Å². The fourth-order valence-corrected chi connectivity index (χ4v) is 3.94. The summed E-state index contributed by atoms with van der Waals surface area (Å²) in [6, 6.07) is 0. The van der Waals surface area contributed by atoms with Crippen molar-refractivity contribution < 1.29 is 19.1 Å². The Labute approximate surface area is 136 Å². The molecule has 0 aromatic rings. The average molecular weight is 320 g/mol. The Morgan fingerprint density at radius 1 is 1.26 bits per heavy atom. The molecular formula is C17H24N2O4. The van der Waals surface area contributed by atoms with Crippen LogP contribution in [0.1, 0.15) is 26.7 Å². The highest BCUT2D eigenvalue weighted by Crippen LogP contribution is 2.52. The first kappa shape index (κ1) is 16.2. The summed E-state index contributed by atoms with van der Waals surface area (Å²) >= 11 is 0. The first-order chi connectivity index (χ1) is 11.0. The third-order valence-electron chi connectivity index (χ3n) is 4.96. The van der Waals surface area contributed by atoms with Gasteiger partial charge in [0.2, 0.25) is 17.7 Å². The molecule has 1 N–H and O–H groups in total. The monoisotopic (exact) mass is 320 g/mol. The van der Waals surface area contributed by atoms with Gasteiger partial charge in [-0.2, -0.15) is 0 Å². The lowest BCUT2D eigenvalue weighted by Gasteiger charge is -2.16. The van der Waals surface area contributed by atoms with Crippen LogP contribution in [0, 0.1) is 23.7 Å². The zero-order valence-electron chi connectivity index (χ0n) is 13.7. The molecule has 4 atom stereocenters. The van der Waals surface area contributed by atoms with E-state index in [0.717, 1.165) is 11.3 Å². The fraction of sp³-hybridized carbons (Fsp3) is 0.706. The summed E-state index contributed by atoms with van der Waals surface area (Å²) < 4.78 is 5.40. The average Bonchev–Trinajstić information content (AvgIpc) is 3.16. The lowest BCUT2D eigenvalue weighted by molar-refractivity contribution is -0.144. The van der Waals surface area contributed by atoms with Gasteiger partial charge in [0.1, 0.15) is 6.54 Å². The van der Waals surface area contributed by atoms with Crippen LogP contribution in [0.2, 0.25) is 0 Å². The molecule has 1 saturated heterocycles. The minimum Gasteiger partial charge on any atom is -0.379 e. The van der Waals surface area contributed by atoms with Crippen LogP contribution in [-0.2, 0) is 19.1 Å². The minimum atomic E-state index is -0.281. The number of ether oxygens (including phenoxy) is 1. The molecule has 1 aliphatic heterocycles. The summed E-state index contributed by atoms with van der Waals surface area (Å²) in [5.41, 5.74) is 0. The molecule has 3 rings (SSSR count). The number of imide groups is 1. The molecule has 2 bridgehead atoms. The number of rotatable bonds is 7. The minimum absolute atomic E-state index is 0.158. The number of amides is 3. The SMILES string of the molecule is CC(C)OCCCNC(=O)CN1C(=O)C2C3C=CC(C3)C2C1=O. The molecule has 3 aliphatic rings. The Morgan fingerprint density at radius 2 is 1.87 bits per heavy atom. The molecule has 3 amide bonds. The topological polar surface area (TPSA) is 75.7 Å². The first-order valence-electron chi connectivity index (χ1n) is 8.41. The van der Waals surface area contributed by atoms with Crippen molar-refractivity contribution in [1.29, 1.82) is 0 Å².